The Labute approximate surface area is 190 Å². The summed E-state index contributed by atoms with van der Waals surface area (Å²) in [4.78, 5) is 11.7. The maximum Gasteiger partial charge on any atom is 0.191 e. The molecule has 32 heavy (non-hydrogen) atoms. The van der Waals surface area contributed by atoms with E-state index in [0.717, 1.165) is 55.4 Å². The van der Waals surface area contributed by atoms with Crippen LogP contribution < -0.4 is 10.6 Å². The molecule has 0 spiro atoms. The lowest BCUT2D eigenvalue weighted by Crippen LogP contribution is -2.51. The van der Waals surface area contributed by atoms with Gasteiger partial charge in [0.2, 0.25) is 0 Å². The molecule has 2 aromatic carbocycles. The number of hydrogen-bond acceptors (Lipinski definition) is 4. The zero-order valence-corrected chi connectivity index (χ0v) is 19.0. The number of nitrogens with zero attached hydrogens (tertiary/aromatic N) is 4. The van der Waals surface area contributed by atoms with E-state index in [1.165, 1.54) is 11.9 Å². The third-order valence-electron chi connectivity index (χ3n) is 5.96. The zero-order chi connectivity index (χ0) is 22.2. The highest BCUT2D eigenvalue weighted by molar-refractivity contribution is 5.80. The molecule has 0 saturated carbocycles. The van der Waals surface area contributed by atoms with Gasteiger partial charge in [0.25, 0.3) is 0 Å². The molecule has 2 heterocycles. The smallest absolute Gasteiger partial charge is 0.191 e. The lowest BCUT2D eigenvalue weighted by molar-refractivity contribution is 0.134. The van der Waals surface area contributed by atoms with Gasteiger partial charge >= 0.3 is 0 Å². The standard InChI is InChI=1S/C25H33N7/c1-3-26-25(27-16-21-10-7-11-22(15-21)24-28-18-29-31-24)30-23-12-13-32(19(2)14-23)17-20-8-5-4-6-9-20/h4-11,15,18-19,23H,3,12-14,16-17H2,1-2H3,(H2,26,27,30)(H,28,29,31). The van der Waals surface area contributed by atoms with E-state index in [0.29, 0.717) is 18.6 Å². The Morgan fingerprint density at radius 3 is 2.75 bits per heavy atom. The van der Waals surface area contributed by atoms with Gasteiger partial charge in [-0.3, -0.25) is 10.00 Å². The van der Waals surface area contributed by atoms with Crippen LogP contribution in [0.5, 0.6) is 0 Å². The number of likely N-dealkylation sites (tertiary alicyclic amines) is 1. The summed E-state index contributed by atoms with van der Waals surface area (Å²) >= 11 is 0. The third-order valence-corrected chi connectivity index (χ3v) is 5.96. The van der Waals surface area contributed by atoms with Crippen LogP contribution in [0.25, 0.3) is 11.4 Å². The average Bonchev–Trinajstić information content (AvgIpc) is 3.36. The van der Waals surface area contributed by atoms with Crippen molar-refractivity contribution < 1.29 is 0 Å². The van der Waals surface area contributed by atoms with Crippen LogP contribution in [0.3, 0.4) is 0 Å². The lowest BCUT2D eigenvalue weighted by Gasteiger charge is -2.38. The Balaban J connectivity index is 1.34. The number of benzene rings is 2. The average molecular weight is 432 g/mol. The number of rotatable bonds is 7. The molecule has 0 radical (unpaired) electrons. The van der Waals surface area contributed by atoms with Gasteiger partial charge in [-0.15, -0.1) is 0 Å². The maximum atomic E-state index is 4.85. The molecule has 1 aromatic heterocycles. The van der Waals surface area contributed by atoms with Gasteiger partial charge in [0.1, 0.15) is 6.33 Å². The van der Waals surface area contributed by atoms with E-state index in [9.17, 15) is 0 Å². The summed E-state index contributed by atoms with van der Waals surface area (Å²) in [6.07, 6.45) is 3.75. The van der Waals surface area contributed by atoms with E-state index in [1.807, 2.05) is 12.1 Å². The second-order valence-electron chi connectivity index (χ2n) is 8.40. The molecule has 1 aliphatic rings. The predicted octanol–water partition coefficient (Wildman–Crippen LogP) is 3.58. The van der Waals surface area contributed by atoms with Crippen LogP contribution in [-0.2, 0) is 13.1 Å². The van der Waals surface area contributed by atoms with Crippen LogP contribution >= 0.6 is 0 Å². The fraction of sp³-hybridized carbons (Fsp3) is 0.400. The molecule has 1 saturated heterocycles. The van der Waals surface area contributed by atoms with Crippen molar-refractivity contribution in [3.05, 3.63) is 72.1 Å². The minimum atomic E-state index is 0.426. The van der Waals surface area contributed by atoms with Gasteiger partial charge in [-0.1, -0.05) is 48.5 Å². The van der Waals surface area contributed by atoms with E-state index in [4.69, 9.17) is 4.99 Å². The van der Waals surface area contributed by atoms with Crippen LogP contribution in [0, 0.1) is 0 Å². The Hall–Kier alpha value is -3.19. The highest BCUT2D eigenvalue weighted by Crippen LogP contribution is 2.20. The SMILES string of the molecule is CCNC(=NCc1cccc(-c2ncn[nH]2)c1)NC1CCN(Cc2ccccc2)C(C)C1. The number of aliphatic imine (C=N–C) groups is 1. The van der Waals surface area contributed by atoms with Crippen molar-refractivity contribution in [1.29, 1.82) is 0 Å². The first-order valence-corrected chi connectivity index (χ1v) is 11.5. The molecule has 0 aliphatic carbocycles. The Morgan fingerprint density at radius 2 is 2.00 bits per heavy atom. The van der Waals surface area contributed by atoms with Crippen molar-refractivity contribution in [2.24, 2.45) is 4.99 Å². The zero-order valence-electron chi connectivity index (χ0n) is 19.0. The topological polar surface area (TPSA) is 81.2 Å². The molecule has 4 rings (SSSR count). The second kappa shape index (κ2) is 10.9. The van der Waals surface area contributed by atoms with Gasteiger partial charge < -0.3 is 10.6 Å². The number of nitrogens with one attached hydrogen (secondary N) is 3. The quantitative estimate of drug-likeness (QED) is 0.394. The summed E-state index contributed by atoms with van der Waals surface area (Å²) in [6.45, 7) is 7.99. The minimum absolute atomic E-state index is 0.426. The fourth-order valence-electron chi connectivity index (χ4n) is 4.25. The summed E-state index contributed by atoms with van der Waals surface area (Å²) in [5, 5.41) is 13.9. The molecular weight excluding hydrogens is 398 g/mol. The Bertz CT molecular complexity index is 985. The summed E-state index contributed by atoms with van der Waals surface area (Å²) in [5.41, 5.74) is 3.54. The summed E-state index contributed by atoms with van der Waals surface area (Å²) in [6, 6.07) is 20.0. The van der Waals surface area contributed by atoms with E-state index in [2.05, 4.69) is 87.0 Å². The molecule has 7 nitrogen and oxygen atoms in total. The number of hydrogen-bond donors (Lipinski definition) is 3. The van der Waals surface area contributed by atoms with Crippen molar-refractivity contribution in [3.63, 3.8) is 0 Å². The van der Waals surface area contributed by atoms with Gasteiger partial charge in [0.05, 0.1) is 6.54 Å². The van der Waals surface area contributed by atoms with E-state index < -0.39 is 0 Å². The molecule has 1 fully saturated rings. The van der Waals surface area contributed by atoms with Crippen LogP contribution in [0.4, 0.5) is 0 Å². The van der Waals surface area contributed by atoms with Crippen molar-refractivity contribution in [2.45, 2.75) is 51.9 Å². The van der Waals surface area contributed by atoms with Crippen LogP contribution in [-0.4, -0.2) is 51.2 Å². The van der Waals surface area contributed by atoms with Crippen LogP contribution in [0.15, 0.2) is 65.9 Å². The van der Waals surface area contributed by atoms with Crippen molar-refractivity contribution in [2.75, 3.05) is 13.1 Å². The maximum absolute atomic E-state index is 4.85. The molecule has 1 aliphatic heterocycles. The van der Waals surface area contributed by atoms with Crippen LogP contribution in [0.2, 0.25) is 0 Å². The second-order valence-corrected chi connectivity index (χ2v) is 8.40. The van der Waals surface area contributed by atoms with E-state index in [-0.39, 0.29) is 0 Å². The van der Waals surface area contributed by atoms with Gasteiger partial charge in [0.15, 0.2) is 11.8 Å². The third kappa shape index (κ3) is 5.95. The molecule has 0 amide bonds. The molecule has 3 N–H and O–H groups in total. The molecule has 168 valence electrons. The Kier molecular flexibility index (Phi) is 7.51. The highest BCUT2D eigenvalue weighted by Gasteiger charge is 2.25. The molecule has 2 atom stereocenters. The number of guanidine groups is 1. The van der Waals surface area contributed by atoms with Crippen molar-refractivity contribution >= 4 is 5.96 Å². The van der Waals surface area contributed by atoms with Gasteiger partial charge in [-0.05, 0) is 43.9 Å². The molecule has 0 bridgehead atoms. The first-order chi connectivity index (χ1) is 15.7. The molecule has 3 aromatic rings. The first kappa shape index (κ1) is 22.0. The first-order valence-electron chi connectivity index (χ1n) is 11.5. The summed E-state index contributed by atoms with van der Waals surface area (Å²) in [7, 11) is 0. The summed E-state index contributed by atoms with van der Waals surface area (Å²) < 4.78 is 0. The monoisotopic (exact) mass is 431 g/mol. The van der Waals surface area contributed by atoms with Crippen molar-refractivity contribution in [1.82, 2.24) is 30.7 Å². The Morgan fingerprint density at radius 1 is 1.16 bits per heavy atom. The number of piperidine rings is 1. The normalized spacial score (nSPS) is 19.6. The van der Waals surface area contributed by atoms with Crippen LogP contribution in [0.1, 0.15) is 37.8 Å². The largest absolute Gasteiger partial charge is 0.357 e. The number of H-pyrrole nitrogens is 1. The van der Waals surface area contributed by atoms with E-state index >= 15 is 0 Å². The molecule has 2 unspecified atom stereocenters. The number of aromatic amines is 1. The van der Waals surface area contributed by atoms with Gasteiger partial charge in [0, 0.05) is 37.3 Å². The fourth-order valence-corrected chi connectivity index (χ4v) is 4.25. The summed E-state index contributed by atoms with van der Waals surface area (Å²) in [5.74, 6) is 1.66. The minimum Gasteiger partial charge on any atom is -0.357 e. The predicted molar refractivity (Wildman–Crippen MR) is 129 cm³/mol. The number of aromatic nitrogens is 3. The lowest BCUT2D eigenvalue weighted by atomic mass is 9.97. The highest BCUT2D eigenvalue weighted by atomic mass is 15.2. The molecule has 7 heteroatoms. The van der Waals surface area contributed by atoms with Gasteiger partial charge in [-0.2, -0.15) is 5.10 Å². The van der Waals surface area contributed by atoms with E-state index in [1.54, 1.807) is 0 Å². The van der Waals surface area contributed by atoms with Gasteiger partial charge in [-0.25, -0.2) is 9.98 Å². The molecular formula is C25H33N7. The van der Waals surface area contributed by atoms with Crippen molar-refractivity contribution in [3.8, 4) is 11.4 Å².